The molecule has 0 aliphatic carbocycles. The molecule has 1 aromatic carbocycles. The van der Waals surface area contributed by atoms with Crippen LogP contribution in [-0.2, 0) is 15.5 Å². The third-order valence-electron chi connectivity index (χ3n) is 2.52. The molecule has 1 atom stereocenters. The Kier molecular flexibility index (Phi) is 4.47. The lowest BCUT2D eigenvalue weighted by Gasteiger charge is -2.14. The van der Waals surface area contributed by atoms with E-state index < -0.39 is 17.7 Å². The van der Waals surface area contributed by atoms with Gasteiger partial charge in [0, 0.05) is 23.9 Å². The molecule has 0 heterocycles. The minimum atomic E-state index is -3.01. The number of hydrogen-bond donors (Lipinski definition) is 2. The number of hydrogen-bond acceptors (Lipinski definition) is 3. The normalized spacial score (nSPS) is 12.6. The van der Waals surface area contributed by atoms with Crippen molar-refractivity contribution in [3.05, 3.63) is 29.8 Å². The van der Waals surface area contributed by atoms with E-state index in [-0.39, 0.29) is 17.0 Å². The lowest BCUT2D eigenvalue weighted by molar-refractivity contribution is -0.122. The highest BCUT2D eigenvalue weighted by molar-refractivity contribution is 6.16. The molecule has 2 N–H and O–H groups in total. The Hall–Kier alpha value is -2.11. The largest absolute Gasteiger partial charge is 0.325 e. The van der Waals surface area contributed by atoms with Crippen LogP contribution in [0.15, 0.2) is 24.3 Å². The summed E-state index contributed by atoms with van der Waals surface area (Å²) in [6.45, 7) is 2.08. The minimum Gasteiger partial charge on any atom is -0.325 e. The van der Waals surface area contributed by atoms with Gasteiger partial charge in [-0.15, -0.1) is 0 Å². The SMILES string of the molecule is CC(=N)C(C=O)C(=O)Nc1cccc(C(C)(F)F)c1. The molecule has 102 valence electrons. The highest BCUT2D eigenvalue weighted by Crippen LogP contribution is 2.28. The minimum absolute atomic E-state index is 0.107. The van der Waals surface area contributed by atoms with Gasteiger partial charge < -0.3 is 15.5 Å². The molecule has 19 heavy (non-hydrogen) atoms. The average Bonchev–Trinajstić information content (AvgIpc) is 2.28. The van der Waals surface area contributed by atoms with Gasteiger partial charge in [-0.1, -0.05) is 12.1 Å². The number of alkyl halides is 2. The van der Waals surface area contributed by atoms with Crippen LogP contribution >= 0.6 is 0 Å². The van der Waals surface area contributed by atoms with Crippen molar-refractivity contribution in [3.8, 4) is 0 Å². The molecule has 0 aliphatic rings. The molecule has 0 aromatic heterocycles. The van der Waals surface area contributed by atoms with Crippen molar-refractivity contribution >= 4 is 23.6 Å². The number of rotatable bonds is 5. The van der Waals surface area contributed by atoms with Gasteiger partial charge in [0.15, 0.2) is 0 Å². The summed E-state index contributed by atoms with van der Waals surface area (Å²) in [4.78, 5) is 22.4. The van der Waals surface area contributed by atoms with E-state index in [1.165, 1.54) is 25.1 Å². The van der Waals surface area contributed by atoms with Crippen molar-refractivity contribution in [2.75, 3.05) is 5.32 Å². The molecule has 1 amide bonds. The molecule has 1 aromatic rings. The number of nitrogens with one attached hydrogen (secondary N) is 2. The van der Waals surface area contributed by atoms with Crippen molar-refractivity contribution < 1.29 is 18.4 Å². The fourth-order valence-electron chi connectivity index (χ4n) is 1.45. The van der Waals surface area contributed by atoms with Crippen LogP contribution in [0.3, 0.4) is 0 Å². The van der Waals surface area contributed by atoms with Crippen molar-refractivity contribution in [1.29, 1.82) is 5.41 Å². The van der Waals surface area contributed by atoms with Gasteiger partial charge in [-0.3, -0.25) is 4.79 Å². The summed E-state index contributed by atoms with van der Waals surface area (Å²) in [6, 6.07) is 5.21. The Morgan fingerprint density at radius 3 is 2.58 bits per heavy atom. The Morgan fingerprint density at radius 1 is 1.47 bits per heavy atom. The van der Waals surface area contributed by atoms with E-state index in [0.717, 1.165) is 13.0 Å². The second-order valence-electron chi connectivity index (χ2n) is 4.26. The zero-order chi connectivity index (χ0) is 14.6. The molecule has 0 saturated heterocycles. The summed E-state index contributed by atoms with van der Waals surface area (Å²) in [6.07, 6.45) is 0.343. The maximum absolute atomic E-state index is 13.1. The summed E-state index contributed by atoms with van der Waals surface area (Å²) in [5.74, 6) is -4.92. The van der Waals surface area contributed by atoms with Crippen LogP contribution in [0.1, 0.15) is 19.4 Å². The second kappa shape index (κ2) is 5.69. The molecular weight excluding hydrogens is 254 g/mol. The van der Waals surface area contributed by atoms with Gasteiger partial charge in [-0.2, -0.15) is 0 Å². The number of amides is 1. The molecule has 0 fully saturated rings. The van der Waals surface area contributed by atoms with E-state index in [1.54, 1.807) is 0 Å². The van der Waals surface area contributed by atoms with Gasteiger partial charge in [0.25, 0.3) is 5.92 Å². The molecule has 4 nitrogen and oxygen atoms in total. The van der Waals surface area contributed by atoms with Crippen molar-refractivity contribution in [2.45, 2.75) is 19.8 Å². The van der Waals surface area contributed by atoms with Crippen LogP contribution in [-0.4, -0.2) is 17.9 Å². The van der Waals surface area contributed by atoms with Gasteiger partial charge in [0.05, 0.1) is 0 Å². The Labute approximate surface area is 109 Å². The van der Waals surface area contributed by atoms with Gasteiger partial charge in [-0.25, -0.2) is 8.78 Å². The number of halogens is 2. The molecule has 1 rings (SSSR count). The molecule has 6 heteroatoms. The summed E-state index contributed by atoms with van der Waals surface area (Å²) in [5.41, 5.74) is -0.180. The number of carbonyl (C=O) groups is 2. The monoisotopic (exact) mass is 268 g/mol. The third kappa shape index (κ3) is 3.94. The van der Waals surface area contributed by atoms with E-state index in [2.05, 4.69) is 5.32 Å². The van der Waals surface area contributed by atoms with Crippen LogP contribution in [0.25, 0.3) is 0 Å². The zero-order valence-corrected chi connectivity index (χ0v) is 10.5. The maximum Gasteiger partial charge on any atom is 0.270 e. The van der Waals surface area contributed by atoms with Crippen LogP contribution in [0, 0.1) is 11.3 Å². The Bertz CT molecular complexity index is 510. The third-order valence-corrected chi connectivity index (χ3v) is 2.52. The predicted molar refractivity (Wildman–Crippen MR) is 67.6 cm³/mol. The van der Waals surface area contributed by atoms with E-state index in [9.17, 15) is 18.4 Å². The quantitative estimate of drug-likeness (QED) is 0.489. The Balaban J connectivity index is 2.92. The van der Waals surface area contributed by atoms with Crippen LogP contribution in [0.4, 0.5) is 14.5 Å². The summed E-state index contributed by atoms with van der Waals surface area (Å²) in [5, 5.41) is 9.62. The lowest BCUT2D eigenvalue weighted by atomic mass is 10.1. The van der Waals surface area contributed by atoms with Gasteiger partial charge in [0.2, 0.25) is 5.91 Å². The zero-order valence-electron chi connectivity index (χ0n) is 10.5. The van der Waals surface area contributed by atoms with Crippen LogP contribution < -0.4 is 5.32 Å². The van der Waals surface area contributed by atoms with Gasteiger partial charge in [0.1, 0.15) is 12.2 Å². The van der Waals surface area contributed by atoms with Gasteiger partial charge >= 0.3 is 0 Å². The molecule has 0 saturated carbocycles. The molecule has 1 unspecified atom stereocenters. The predicted octanol–water partition coefficient (Wildman–Crippen LogP) is 2.59. The lowest BCUT2D eigenvalue weighted by Crippen LogP contribution is -2.29. The van der Waals surface area contributed by atoms with E-state index in [1.807, 2.05) is 0 Å². The van der Waals surface area contributed by atoms with Crippen molar-refractivity contribution in [1.82, 2.24) is 0 Å². The van der Waals surface area contributed by atoms with E-state index in [4.69, 9.17) is 5.41 Å². The molecular formula is C13H14F2N2O2. The van der Waals surface area contributed by atoms with Crippen LogP contribution in [0.2, 0.25) is 0 Å². The fourth-order valence-corrected chi connectivity index (χ4v) is 1.45. The summed E-state index contributed by atoms with van der Waals surface area (Å²) < 4.78 is 26.2. The Morgan fingerprint density at radius 2 is 2.11 bits per heavy atom. The first kappa shape index (κ1) is 14.9. The number of carbonyl (C=O) groups excluding carboxylic acids is 2. The standard InChI is InChI=1S/C13H14F2N2O2/c1-8(16)11(7-18)12(19)17-10-5-3-4-9(6-10)13(2,14)15/h3-7,11,16H,1-2H3,(H,17,19). The highest BCUT2D eigenvalue weighted by atomic mass is 19.3. The van der Waals surface area contributed by atoms with Crippen molar-refractivity contribution in [2.24, 2.45) is 5.92 Å². The smallest absolute Gasteiger partial charge is 0.270 e. The molecule has 0 bridgehead atoms. The van der Waals surface area contributed by atoms with E-state index >= 15 is 0 Å². The first-order chi connectivity index (χ1) is 8.75. The van der Waals surface area contributed by atoms with E-state index in [0.29, 0.717) is 6.29 Å². The van der Waals surface area contributed by atoms with Crippen molar-refractivity contribution in [3.63, 3.8) is 0 Å². The molecule has 0 spiro atoms. The fraction of sp³-hybridized carbons (Fsp3) is 0.308. The first-order valence-corrected chi connectivity index (χ1v) is 5.55. The maximum atomic E-state index is 13.1. The second-order valence-corrected chi connectivity index (χ2v) is 4.26. The molecule has 0 aliphatic heterocycles. The first-order valence-electron chi connectivity index (χ1n) is 5.55. The highest BCUT2D eigenvalue weighted by Gasteiger charge is 2.25. The molecule has 0 radical (unpaired) electrons. The topological polar surface area (TPSA) is 70.0 Å². The number of anilines is 1. The number of aldehydes is 1. The van der Waals surface area contributed by atoms with Crippen LogP contribution in [0.5, 0.6) is 0 Å². The summed E-state index contributed by atoms with van der Waals surface area (Å²) in [7, 11) is 0. The summed E-state index contributed by atoms with van der Waals surface area (Å²) >= 11 is 0. The number of benzene rings is 1. The average molecular weight is 268 g/mol. The van der Waals surface area contributed by atoms with Gasteiger partial charge in [-0.05, 0) is 19.1 Å².